The molecule has 2 heterocycles. The summed E-state index contributed by atoms with van der Waals surface area (Å²) in [5.74, 6) is 0. The molecule has 96 valence electrons. The second kappa shape index (κ2) is 4.71. The first kappa shape index (κ1) is 12.3. The smallest absolute Gasteiger partial charge is 0.111 e. The van der Waals surface area contributed by atoms with E-state index in [2.05, 4.69) is 31.2 Å². The molecule has 0 spiro atoms. The van der Waals surface area contributed by atoms with Gasteiger partial charge in [0.2, 0.25) is 0 Å². The number of pyridine rings is 1. The Labute approximate surface area is 118 Å². The van der Waals surface area contributed by atoms with Crippen molar-refractivity contribution in [3.8, 4) is 5.69 Å². The Hall–Kier alpha value is -1.79. The molecule has 0 bridgehead atoms. The third kappa shape index (κ3) is 2.24. The minimum absolute atomic E-state index is 0.536. The maximum Gasteiger partial charge on any atom is 0.111 e. The number of halogens is 1. The number of aliphatic hydroxyl groups is 1. The Morgan fingerprint density at radius 3 is 2.95 bits per heavy atom. The number of nitrogens with zero attached hydrogens (tertiary/aromatic N) is 4. The summed E-state index contributed by atoms with van der Waals surface area (Å²) >= 11 is 3.41. The van der Waals surface area contributed by atoms with E-state index in [1.165, 1.54) is 0 Å². The Kier molecular flexibility index (Phi) is 3.04. The molecule has 0 saturated carbocycles. The van der Waals surface area contributed by atoms with Crippen molar-refractivity contribution >= 4 is 26.8 Å². The average molecular weight is 319 g/mol. The molecule has 1 N–H and O–H groups in total. The number of rotatable bonds is 2. The fourth-order valence-corrected chi connectivity index (χ4v) is 2.24. The summed E-state index contributed by atoms with van der Waals surface area (Å²) in [4.78, 5) is 4.41. The van der Waals surface area contributed by atoms with Crippen LogP contribution in [0.2, 0.25) is 0 Å². The van der Waals surface area contributed by atoms with E-state index in [-0.39, 0.29) is 0 Å². The summed E-state index contributed by atoms with van der Waals surface area (Å²) in [7, 11) is 0. The number of benzene rings is 1. The highest BCUT2D eigenvalue weighted by atomic mass is 79.9. The number of fused-ring (bicyclic) bond motifs is 1. The zero-order chi connectivity index (χ0) is 13.4. The van der Waals surface area contributed by atoms with Crippen LogP contribution in [0.25, 0.3) is 16.6 Å². The predicted molar refractivity (Wildman–Crippen MR) is 75.0 cm³/mol. The topological polar surface area (TPSA) is 63.8 Å². The van der Waals surface area contributed by atoms with Gasteiger partial charge >= 0.3 is 0 Å². The van der Waals surface area contributed by atoms with Crippen LogP contribution in [0.15, 0.2) is 41.1 Å². The molecule has 2 aromatic heterocycles. The standard InChI is InChI=1S/C13H11BrN4O/c1-8(19)11-7-18(17-16-11)12-4-2-3-9-5-10(14)6-15-13(9)12/h2-8,19H,1H3. The third-order valence-corrected chi connectivity index (χ3v) is 3.28. The number of hydrogen-bond donors (Lipinski definition) is 1. The van der Waals surface area contributed by atoms with E-state index in [0.717, 1.165) is 21.1 Å². The van der Waals surface area contributed by atoms with Crippen molar-refractivity contribution in [3.05, 3.63) is 46.8 Å². The van der Waals surface area contributed by atoms with Gasteiger partial charge in [-0.05, 0) is 35.0 Å². The molecule has 0 saturated heterocycles. The van der Waals surface area contributed by atoms with E-state index in [0.29, 0.717) is 5.69 Å². The van der Waals surface area contributed by atoms with Gasteiger partial charge in [0.25, 0.3) is 0 Å². The van der Waals surface area contributed by atoms with Crippen molar-refractivity contribution in [1.29, 1.82) is 0 Å². The number of para-hydroxylation sites is 1. The van der Waals surface area contributed by atoms with Crippen molar-refractivity contribution in [1.82, 2.24) is 20.0 Å². The molecule has 0 radical (unpaired) electrons. The fraction of sp³-hybridized carbons (Fsp3) is 0.154. The largest absolute Gasteiger partial charge is 0.387 e. The van der Waals surface area contributed by atoms with Crippen molar-refractivity contribution in [2.24, 2.45) is 0 Å². The van der Waals surface area contributed by atoms with Gasteiger partial charge in [-0.1, -0.05) is 17.3 Å². The van der Waals surface area contributed by atoms with Crippen LogP contribution in [0.4, 0.5) is 0 Å². The SMILES string of the molecule is CC(O)c1cn(-c2cccc3cc(Br)cnc23)nn1. The molecule has 0 aliphatic heterocycles. The van der Waals surface area contributed by atoms with Crippen molar-refractivity contribution in [2.75, 3.05) is 0 Å². The molecule has 5 nitrogen and oxygen atoms in total. The molecule has 19 heavy (non-hydrogen) atoms. The summed E-state index contributed by atoms with van der Waals surface area (Å²) in [6.07, 6.45) is 2.83. The predicted octanol–water partition coefficient (Wildman–Crippen LogP) is 2.63. The van der Waals surface area contributed by atoms with Crippen LogP contribution in [0.5, 0.6) is 0 Å². The highest BCUT2D eigenvalue weighted by Crippen LogP contribution is 2.23. The Morgan fingerprint density at radius 2 is 2.21 bits per heavy atom. The molecular weight excluding hydrogens is 308 g/mol. The maximum atomic E-state index is 9.50. The zero-order valence-electron chi connectivity index (χ0n) is 10.2. The molecular formula is C13H11BrN4O. The first-order valence-electron chi connectivity index (χ1n) is 5.80. The van der Waals surface area contributed by atoms with E-state index in [1.807, 2.05) is 24.3 Å². The van der Waals surface area contributed by atoms with Crippen LogP contribution in [0.1, 0.15) is 18.7 Å². The van der Waals surface area contributed by atoms with Gasteiger partial charge in [0, 0.05) is 16.1 Å². The Morgan fingerprint density at radius 1 is 1.37 bits per heavy atom. The second-order valence-electron chi connectivity index (χ2n) is 4.27. The monoisotopic (exact) mass is 318 g/mol. The minimum atomic E-state index is -0.633. The van der Waals surface area contributed by atoms with Crippen molar-refractivity contribution in [2.45, 2.75) is 13.0 Å². The molecule has 1 atom stereocenters. The lowest BCUT2D eigenvalue weighted by Crippen LogP contribution is -1.97. The molecule has 3 aromatic rings. The van der Waals surface area contributed by atoms with E-state index in [1.54, 1.807) is 24.0 Å². The van der Waals surface area contributed by atoms with Gasteiger partial charge in [0.05, 0.1) is 23.5 Å². The maximum absolute atomic E-state index is 9.50. The lowest BCUT2D eigenvalue weighted by molar-refractivity contribution is 0.194. The van der Waals surface area contributed by atoms with Crippen LogP contribution in [-0.4, -0.2) is 25.1 Å². The number of hydrogen-bond acceptors (Lipinski definition) is 4. The summed E-state index contributed by atoms with van der Waals surface area (Å²) in [5, 5.41) is 18.5. The van der Waals surface area contributed by atoms with Gasteiger partial charge in [-0.25, -0.2) is 4.68 Å². The lowest BCUT2D eigenvalue weighted by Gasteiger charge is -2.05. The first-order valence-corrected chi connectivity index (χ1v) is 6.59. The van der Waals surface area contributed by atoms with Crippen LogP contribution in [0.3, 0.4) is 0 Å². The van der Waals surface area contributed by atoms with Gasteiger partial charge in [0.1, 0.15) is 5.69 Å². The van der Waals surface area contributed by atoms with Crippen LogP contribution in [0, 0.1) is 0 Å². The van der Waals surface area contributed by atoms with E-state index in [4.69, 9.17) is 0 Å². The van der Waals surface area contributed by atoms with Gasteiger partial charge in [-0.3, -0.25) is 4.98 Å². The highest BCUT2D eigenvalue weighted by molar-refractivity contribution is 9.10. The van der Waals surface area contributed by atoms with Crippen molar-refractivity contribution < 1.29 is 5.11 Å². The lowest BCUT2D eigenvalue weighted by atomic mass is 10.2. The van der Waals surface area contributed by atoms with Gasteiger partial charge in [-0.2, -0.15) is 0 Å². The van der Waals surface area contributed by atoms with E-state index < -0.39 is 6.10 Å². The second-order valence-corrected chi connectivity index (χ2v) is 5.18. The summed E-state index contributed by atoms with van der Waals surface area (Å²) in [6, 6.07) is 7.85. The fourth-order valence-electron chi connectivity index (χ4n) is 1.89. The summed E-state index contributed by atoms with van der Waals surface area (Å²) in [6.45, 7) is 1.66. The van der Waals surface area contributed by atoms with E-state index >= 15 is 0 Å². The minimum Gasteiger partial charge on any atom is -0.387 e. The van der Waals surface area contributed by atoms with Crippen LogP contribution in [-0.2, 0) is 0 Å². The van der Waals surface area contributed by atoms with Gasteiger partial charge in [-0.15, -0.1) is 5.10 Å². The summed E-state index contributed by atoms with van der Waals surface area (Å²) in [5.41, 5.74) is 2.21. The normalized spacial score (nSPS) is 12.8. The molecule has 3 rings (SSSR count). The Balaban J connectivity index is 2.18. The molecule has 1 aromatic carbocycles. The highest BCUT2D eigenvalue weighted by Gasteiger charge is 2.10. The number of aromatic nitrogens is 4. The number of aliphatic hydroxyl groups excluding tert-OH is 1. The summed E-state index contributed by atoms with van der Waals surface area (Å²) < 4.78 is 2.56. The quantitative estimate of drug-likeness (QED) is 0.789. The molecule has 0 aliphatic rings. The molecule has 0 fully saturated rings. The molecule has 6 heteroatoms. The van der Waals surface area contributed by atoms with E-state index in [9.17, 15) is 5.11 Å². The third-order valence-electron chi connectivity index (χ3n) is 2.84. The van der Waals surface area contributed by atoms with Crippen molar-refractivity contribution in [3.63, 3.8) is 0 Å². The molecule has 1 unspecified atom stereocenters. The molecule has 0 aliphatic carbocycles. The van der Waals surface area contributed by atoms with Gasteiger partial charge in [0.15, 0.2) is 0 Å². The first-order chi connectivity index (χ1) is 9.15. The van der Waals surface area contributed by atoms with Crippen LogP contribution >= 0.6 is 15.9 Å². The Bertz CT molecular complexity index is 738. The zero-order valence-corrected chi connectivity index (χ0v) is 11.7. The van der Waals surface area contributed by atoms with Gasteiger partial charge < -0.3 is 5.11 Å². The average Bonchev–Trinajstić information content (AvgIpc) is 2.87. The van der Waals surface area contributed by atoms with Crippen LogP contribution < -0.4 is 0 Å². The molecule has 0 amide bonds.